The van der Waals surface area contributed by atoms with Gasteiger partial charge in [0.05, 0.1) is 47.1 Å². The highest BCUT2D eigenvalue weighted by Gasteiger charge is 2.31. The Hall–Kier alpha value is -4.67. The van der Waals surface area contributed by atoms with Gasteiger partial charge in [-0.15, -0.1) is 22.7 Å². The van der Waals surface area contributed by atoms with Crippen LogP contribution in [0, 0.1) is 27.7 Å². The van der Waals surface area contributed by atoms with Crippen LogP contribution in [0.4, 0.5) is 13.2 Å². The van der Waals surface area contributed by atoms with Gasteiger partial charge in [-0.05, 0) is 87.6 Å². The maximum Gasteiger partial charge on any atom is 0.416 e. The first kappa shape index (κ1) is 31.9. The first-order chi connectivity index (χ1) is 22.9. The van der Waals surface area contributed by atoms with E-state index in [2.05, 4.69) is 4.98 Å². The summed E-state index contributed by atoms with van der Waals surface area (Å²) in [6, 6.07) is 19.2. The second-order valence-electron chi connectivity index (χ2n) is 12.0. The van der Waals surface area contributed by atoms with Crippen LogP contribution in [-0.4, -0.2) is 9.97 Å². The van der Waals surface area contributed by atoms with Gasteiger partial charge < -0.3 is 4.74 Å². The molecule has 0 aromatic heterocycles. The monoisotopic (exact) mass is 682 g/mol. The molecule has 7 rings (SSSR count). The lowest BCUT2D eigenvalue weighted by molar-refractivity contribution is -0.137. The average molecular weight is 683 g/mol. The largest absolute Gasteiger partial charge is 0.489 e. The third kappa shape index (κ3) is 5.62. The average Bonchev–Trinajstić information content (AvgIpc) is 3.08. The van der Waals surface area contributed by atoms with Crippen molar-refractivity contribution in [1.29, 1.82) is 0 Å². The molecule has 10 heteroatoms. The molecule has 3 aromatic rings. The van der Waals surface area contributed by atoms with Gasteiger partial charge in [0.1, 0.15) is 12.4 Å². The number of benzene rings is 5. The number of hydrogen-bond donors (Lipinski definition) is 0. The van der Waals surface area contributed by atoms with Crippen molar-refractivity contribution in [2.75, 3.05) is 0 Å². The van der Waals surface area contributed by atoms with E-state index in [9.17, 15) is 22.8 Å². The van der Waals surface area contributed by atoms with Crippen LogP contribution in [0.2, 0.25) is 0 Å². The van der Waals surface area contributed by atoms with Crippen molar-refractivity contribution >= 4 is 43.1 Å². The zero-order chi connectivity index (χ0) is 33.9. The number of hydrogen-bond acceptors (Lipinski definition) is 7. The van der Waals surface area contributed by atoms with Crippen LogP contribution in [0.25, 0.3) is 41.6 Å². The van der Waals surface area contributed by atoms with Gasteiger partial charge in [-0.2, -0.15) is 13.2 Å². The number of rotatable bonds is 6. The maximum atomic E-state index is 13.7. The molecular formula is C38H29F3N2O3S2. The van der Waals surface area contributed by atoms with E-state index in [1.54, 1.807) is 20.8 Å². The summed E-state index contributed by atoms with van der Waals surface area (Å²) in [7, 11) is 0. The van der Waals surface area contributed by atoms with E-state index in [1.807, 2.05) is 55.5 Å². The lowest BCUT2D eigenvalue weighted by atomic mass is 9.91. The molecule has 0 amide bonds. The van der Waals surface area contributed by atoms with Gasteiger partial charge in [0.25, 0.3) is 0 Å². The fourth-order valence-electron chi connectivity index (χ4n) is 6.10. The van der Waals surface area contributed by atoms with E-state index in [4.69, 9.17) is 9.72 Å². The lowest BCUT2D eigenvalue weighted by Crippen LogP contribution is -2.20. The molecular weight excluding hydrogens is 654 g/mol. The van der Waals surface area contributed by atoms with Crippen molar-refractivity contribution in [2.45, 2.75) is 53.3 Å². The standard InChI is InChI=1S/C38H29F3N2O3S2/c1-19-20(2)35(45)27(37-32(19)42-28-16-24(38(39,40)41)10-14-30(28)48-37)13-12-26-21(3)34(44)22(4)36-33(26)43-29-17-25(11-15-31(29)47-36)46-18-23-8-6-5-7-9-23/h5-11,14-17H,12-13,18H2,1-4H3. The minimum absolute atomic E-state index is 0.0547. The first-order valence-corrected chi connectivity index (χ1v) is 17.0. The third-order valence-corrected chi connectivity index (χ3v) is 11.5. The van der Waals surface area contributed by atoms with Crippen LogP contribution >= 0.6 is 22.7 Å². The Kier molecular flexibility index (Phi) is 8.04. The molecule has 3 aromatic carbocycles. The summed E-state index contributed by atoms with van der Waals surface area (Å²) in [5.74, 6) is 0.682. The normalized spacial score (nSPS) is 12.1. The van der Waals surface area contributed by atoms with Crippen LogP contribution in [0.5, 0.6) is 5.75 Å². The molecule has 4 aliphatic rings. The molecule has 2 heterocycles. The van der Waals surface area contributed by atoms with Crippen molar-refractivity contribution in [1.82, 2.24) is 9.97 Å². The van der Waals surface area contributed by atoms with Crippen LogP contribution in [0.15, 0.2) is 76.3 Å². The SMILES string of the molecule is Cc1c2nc3cc(C(F)(F)F)ccc3sc-2c(CCc2c3nc4cc(OCc5ccccc5)ccc4sc-3c(C)c(=O)c2C)c(=O)c1C. The van der Waals surface area contributed by atoms with Gasteiger partial charge in [-0.1, -0.05) is 30.3 Å². The Morgan fingerprint density at radius 1 is 0.667 bits per heavy atom. The fourth-order valence-corrected chi connectivity index (χ4v) is 8.36. The summed E-state index contributed by atoms with van der Waals surface area (Å²) in [6.07, 6.45) is -3.81. The summed E-state index contributed by atoms with van der Waals surface area (Å²) in [6.45, 7) is 7.53. The van der Waals surface area contributed by atoms with Gasteiger partial charge in [0, 0.05) is 28.3 Å². The van der Waals surface area contributed by atoms with Crippen LogP contribution < -0.4 is 15.6 Å². The zero-order valence-electron chi connectivity index (χ0n) is 26.5. The van der Waals surface area contributed by atoms with Crippen LogP contribution in [0.1, 0.15) is 44.5 Å². The molecule has 242 valence electrons. The second kappa shape index (κ2) is 12.1. The molecule has 0 N–H and O–H groups in total. The molecule has 5 nitrogen and oxygen atoms in total. The van der Waals surface area contributed by atoms with Crippen molar-refractivity contribution < 1.29 is 17.9 Å². The topological polar surface area (TPSA) is 69.2 Å². The van der Waals surface area contributed by atoms with Gasteiger partial charge in [-0.25, -0.2) is 9.97 Å². The number of aromatic nitrogens is 2. The van der Waals surface area contributed by atoms with Crippen LogP contribution in [0.3, 0.4) is 0 Å². The molecule has 48 heavy (non-hydrogen) atoms. The van der Waals surface area contributed by atoms with Crippen molar-refractivity contribution in [3.05, 3.63) is 132 Å². The van der Waals surface area contributed by atoms with Gasteiger partial charge in [-0.3, -0.25) is 9.59 Å². The summed E-state index contributed by atoms with van der Waals surface area (Å²) in [4.78, 5) is 38.3. The Balaban J connectivity index is 1.31. The summed E-state index contributed by atoms with van der Waals surface area (Å²) in [5, 5.41) is 0. The molecule has 2 aliphatic carbocycles. The lowest BCUT2D eigenvalue weighted by Gasteiger charge is -2.19. The van der Waals surface area contributed by atoms with Crippen molar-refractivity contribution in [3.63, 3.8) is 0 Å². The molecule has 0 unspecified atom stereocenters. The van der Waals surface area contributed by atoms with Gasteiger partial charge in [0.2, 0.25) is 0 Å². The Morgan fingerprint density at radius 2 is 1.31 bits per heavy atom. The molecule has 0 saturated carbocycles. The molecule has 0 bridgehead atoms. The summed E-state index contributed by atoms with van der Waals surface area (Å²) >= 11 is 2.78. The van der Waals surface area contributed by atoms with E-state index in [0.717, 1.165) is 44.0 Å². The number of ether oxygens (including phenoxy) is 1. The van der Waals surface area contributed by atoms with Crippen molar-refractivity contribution in [3.8, 4) is 26.9 Å². The minimum atomic E-state index is -4.49. The highest BCUT2D eigenvalue weighted by atomic mass is 32.1. The van der Waals surface area contributed by atoms with E-state index in [0.29, 0.717) is 68.3 Å². The maximum absolute atomic E-state index is 13.7. The molecule has 2 aliphatic heterocycles. The molecule has 0 fully saturated rings. The number of nitrogens with zero attached hydrogens (tertiary/aromatic N) is 2. The number of fused-ring (bicyclic) bond motifs is 4. The van der Waals surface area contributed by atoms with Gasteiger partial charge >= 0.3 is 6.18 Å². The smallest absolute Gasteiger partial charge is 0.416 e. The Morgan fingerprint density at radius 3 is 2.04 bits per heavy atom. The van der Waals surface area contributed by atoms with E-state index in [-0.39, 0.29) is 16.4 Å². The summed E-state index contributed by atoms with van der Waals surface area (Å²) < 4.78 is 47.9. The van der Waals surface area contributed by atoms with E-state index < -0.39 is 11.7 Å². The molecule has 0 radical (unpaired) electrons. The fraction of sp³-hybridized carbons (Fsp3) is 0.211. The van der Waals surface area contributed by atoms with E-state index in [1.165, 1.54) is 28.7 Å². The quantitative estimate of drug-likeness (QED) is 0.164. The second-order valence-corrected chi connectivity index (χ2v) is 14.1. The summed E-state index contributed by atoms with van der Waals surface area (Å²) in [5.41, 5.74) is 6.00. The van der Waals surface area contributed by atoms with Gasteiger partial charge in [0.15, 0.2) is 10.9 Å². The van der Waals surface area contributed by atoms with E-state index >= 15 is 0 Å². The minimum Gasteiger partial charge on any atom is -0.489 e. The highest BCUT2D eigenvalue weighted by Crippen LogP contribution is 2.40. The third-order valence-electron chi connectivity index (χ3n) is 8.98. The number of alkyl halides is 3. The zero-order valence-corrected chi connectivity index (χ0v) is 28.2. The predicted molar refractivity (Wildman–Crippen MR) is 187 cm³/mol. The van der Waals surface area contributed by atoms with Crippen LogP contribution in [-0.2, 0) is 25.6 Å². The predicted octanol–water partition coefficient (Wildman–Crippen LogP) is 9.45. The van der Waals surface area contributed by atoms with Crippen molar-refractivity contribution in [2.24, 2.45) is 0 Å². The first-order valence-electron chi connectivity index (χ1n) is 15.4. The molecule has 0 saturated heterocycles. The highest BCUT2D eigenvalue weighted by molar-refractivity contribution is 7.22. The Labute approximate surface area is 282 Å². The number of halogens is 3. The molecule has 0 spiro atoms. The Bertz CT molecular complexity index is 2440. The molecule has 0 atom stereocenters.